The summed E-state index contributed by atoms with van der Waals surface area (Å²) in [5, 5.41) is 0. The summed E-state index contributed by atoms with van der Waals surface area (Å²) in [5.41, 5.74) is 9.61. The molecule has 1 aromatic rings. The highest BCUT2D eigenvalue weighted by molar-refractivity contribution is 5.57. The van der Waals surface area contributed by atoms with Crippen LogP contribution in [-0.4, -0.2) is 18.6 Å². The standard InChI is InChI=1S/C19H30N2/c1-2-17-11-5-7-13-19(17,15-20)21-14-8-6-10-16-9-3-4-12-18(16)21/h3-4,9,12,17H,2,5-8,10-11,13-15,20H2,1H3. The Morgan fingerprint density at radius 1 is 1.19 bits per heavy atom. The van der Waals surface area contributed by atoms with Crippen molar-refractivity contribution in [1.82, 2.24) is 0 Å². The summed E-state index contributed by atoms with van der Waals surface area (Å²) in [6.07, 6.45) is 10.4. The third-order valence-electron chi connectivity index (χ3n) is 5.92. The van der Waals surface area contributed by atoms with Crippen molar-refractivity contribution in [2.24, 2.45) is 11.7 Å². The van der Waals surface area contributed by atoms with Crippen LogP contribution < -0.4 is 10.6 Å². The third-order valence-corrected chi connectivity index (χ3v) is 5.92. The van der Waals surface area contributed by atoms with Crippen LogP contribution in [0.5, 0.6) is 0 Å². The Labute approximate surface area is 129 Å². The molecule has 116 valence electrons. The van der Waals surface area contributed by atoms with Crippen LogP contribution >= 0.6 is 0 Å². The van der Waals surface area contributed by atoms with E-state index in [0.29, 0.717) is 0 Å². The number of fused-ring (bicyclic) bond motifs is 1. The average Bonchev–Trinajstić information content (AvgIpc) is 2.77. The Hall–Kier alpha value is -1.02. The summed E-state index contributed by atoms with van der Waals surface area (Å²) in [7, 11) is 0. The molecular weight excluding hydrogens is 256 g/mol. The number of anilines is 1. The van der Waals surface area contributed by atoms with Crippen molar-refractivity contribution >= 4 is 5.69 Å². The molecule has 0 saturated heterocycles. The van der Waals surface area contributed by atoms with Gasteiger partial charge >= 0.3 is 0 Å². The molecule has 2 heteroatoms. The second kappa shape index (κ2) is 6.39. The van der Waals surface area contributed by atoms with Gasteiger partial charge in [0, 0.05) is 18.8 Å². The van der Waals surface area contributed by atoms with Crippen LogP contribution in [-0.2, 0) is 6.42 Å². The topological polar surface area (TPSA) is 29.3 Å². The first-order valence-corrected chi connectivity index (χ1v) is 8.87. The zero-order valence-corrected chi connectivity index (χ0v) is 13.5. The highest BCUT2D eigenvalue weighted by Gasteiger charge is 2.44. The molecule has 1 fully saturated rings. The monoisotopic (exact) mass is 286 g/mol. The van der Waals surface area contributed by atoms with Crippen molar-refractivity contribution in [2.75, 3.05) is 18.0 Å². The van der Waals surface area contributed by atoms with Crippen LogP contribution in [0.25, 0.3) is 0 Å². The maximum absolute atomic E-state index is 6.40. The van der Waals surface area contributed by atoms with Gasteiger partial charge in [0.25, 0.3) is 0 Å². The molecule has 21 heavy (non-hydrogen) atoms. The second-order valence-electron chi connectivity index (χ2n) is 6.90. The Morgan fingerprint density at radius 2 is 2.05 bits per heavy atom. The Balaban J connectivity index is 2.03. The number of benzene rings is 1. The van der Waals surface area contributed by atoms with Crippen LogP contribution in [0.1, 0.15) is 57.4 Å². The van der Waals surface area contributed by atoms with E-state index in [9.17, 15) is 0 Å². The molecule has 0 spiro atoms. The predicted molar refractivity (Wildman–Crippen MR) is 90.8 cm³/mol. The number of nitrogens with zero attached hydrogens (tertiary/aromatic N) is 1. The lowest BCUT2D eigenvalue weighted by Crippen LogP contribution is -2.60. The highest BCUT2D eigenvalue weighted by atomic mass is 15.2. The number of hydrogen-bond acceptors (Lipinski definition) is 2. The molecule has 2 aliphatic rings. The molecule has 3 rings (SSSR count). The zero-order chi connectivity index (χ0) is 14.7. The van der Waals surface area contributed by atoms with E-state index in [2.05, 4.69) is 36.1 Å². The number of para-hydroxylation sites is 1. The van der Waals surface area contributed by atoms with E-state index in [1.165, 1.54) is 69.2 Å². The molecule has 1 aromatic carbocycles. The predicted octanol–water partition coefficient (Wildman–Crippen LogP) is 4.13. The molecule has 2 unspecified atom stereocenters. The Bertz CT molecular complexity index is 470. The van der Waals surface area contributed by atoms with E-state index in [0.717, 1.165) is 12.5 Å². The molecule has 0 amide bonds. The number of nitrogens with two attached hydrogens (primary N) is 1. The lowest BCUT2D eigenvalue weighted by molar-refractivity contribution is 0.176. The zero-order valence-electron chi connectivity index (χ0n) is 13.5. The number of rotatable bonds is 3. The summed E-state index contributed by atoms with van der Waals surface area (Å²) >= 11 is 0. The van der Waals surface area contributed by atoms with Gasteiger partial charge < -0.3 is 10.6 Å². The summed E-state index contributed by atoms with van der Waals surface area (Å²) < 4.78 is 0. The third kappa shape index (κ3) is 2.59. The minimum atomic E-state index is 0.202. The first-order chi connectivity index (χ1) is 10.3. The van der Waals surface area contributed by atoms with Gasteiger partial charge in [0.2, 0.25) is 0 Å². The molecule has 2 N–H and O–H groups in total. The molecule has 1 saturated carbocycles. The lowest BCUT2D eigenvalue weighted by atomic mass is 9.70. The van der Waals surface area contributed by atoms with Gasteiger partial charge in [-0.25, -0.2) is 0 Å². The maximum Gasteiger partial charge on any atom is 0.0552 e. The minimum Gasteiger partial charge on any atom is -0.364 e. The minimum absolute atomic E-state index is 0.202. The fourth-order valence-electron chi connectivity index (χ4n) is 4.77. The summed E-state index contributed by atoms with van der Waals surface area (Å²) in [6, 6.07) is 9.04. The maximum atomic E-state index is 6.40. The molecule has 1 aliphatic heterocycles. The highest BCUT2D eigenvalue weighted by Crippen LogP contribution is 2.43. The van der Waals surface area contributed by atoms with E-state index in [1.54, 1.807) is 0 Å². The van der Waals surface area contributed by atoms with Gasteiger partial charge in [0.05, 0.1) is 5.54 Å². The van der Waals surface area contributed by atoms with Gasteiger partial charge in [-0.15, -0.1) is 0 Å². The van der Waals surface area contributed by atoms with Crippen LogP contribution in [0.4, 0.5) is 5.69 Å². The van der Waals surface area contributed by atoms with Gasteiger partial charge in [-0.05, 0) is 49.7 Å². The van der Waals surface area contributed by atoms with Gasteiger partial charge in [0.1, 0.15) is 0 Å². The fraction of sp³-hybridized carbons (Fsp3) is 0.684. The molecule has 0 aromatic heterocycles. The van der Waals surface area contributed by atoms with Crippen molar-refractivity contribution in [3.63, 3.8) is 0 Å². The van der Waals surface area contributed by atoms with Crippen molar-refractivity contribution in [1.29, 1.82) is 0 Å². The molecule has 1 heterocycles. The lowest BCUT2D eigenvalue weighted by Gasteiger charge is -2.52. The average molecular weight is 286 g/mol. The first-order valence-electron chi connectivity index (χ1n) is 8.87. The van der Waals surface area contributed by atoms with Gasteiger partial charge in [-0.3, -0.25) is 0 Å². The SMILES string of the molecule is CCC1CCCCC1(CN)N1CCCCc2ccccc21. The molecule has 0 radical (unpaired) electrons. The number of aryl methyl sites for hydroxylation is 1. The summed E-state index contributed by atoms with van der Waals surface area (Å²) in [6.45, 7) is 4.34. The quantitative estimate of drug-likeness (QED) is 0.905. The Morgan fingerprint density at radius 3 is 2.86 bits per heavy atom. The molecule has 0 bridgehead atoms. The fourth-order valence-corrected chi connectivity index (χ4v) is 4.77. The molecule has 2 nitrogen and oxygen atoms in total. The van der Waals surface area contributed by atoms with Gasteiger partial charge in [-0.1, -0.05) is 44.4 Å². The molecule has 1 aliphatic carbocycles. The number of hydrogen-bond donors (Lipinski definition) is 1. The van der Waals surface area contributed by atoms with Crippen LogP contribution in [0.3, 0.4) is 0 Å². The van der Waals surface area contributed by atoms with Gasteiger partial charge in [0.15, 0.2) is 0 Å². The van der Waals surface area contributed by atoms with E-state index < -0.39 is 0 Å². The van der Waals surface area contributed by atoms with E-state index in [-0.39, 0.29) is 5.54 Å². The van der Waals surface area contributed by atoms with Crippen LogP contribution in [0.2, 0.25) is 0 Å². The van der Waals surface area contributed by atoms with Crippen molar-refractivity contribution in [3.05, 3.63) is 29.8 Å². The van der Waals surface area contributed by atoms with E-state index in [1.807, 2.05) is 0 Å². The van der Waals surface area contributed by atoms with Crippen LogP contribution in [0.15, 0.2) is 24.3 Å². The van der Waals surface area contributed by atoms with E-state index in [4.69, 9.17) is 5.73 Å². The Kier molecular flexibility index (Phi) is 4.54. The molecular formula is C19H30N2. The van der Waals surface area contributed by atoms with Crippen molar-refractivity contribution < 1.29 is 0 Å². The van der Waals surface area contributed by atoms with Crippen molar-refractivity contribution in [2.45, 2.75) is 63.8 Å². The van der Waals surface area contributed by atoms with Crippen molar-refractivity contribution in [3.8, 4) is 0 Å². The second-order valence-corrected chi connectivity index (χ2v) is 6.90. The first kappa shape index (κ1) is 14.9. The normalized spacial score (nSPS) is 29.8. The smallest absolute Gasteiger partial charge is 0.0552 e. The van der Waals surface area contributed by atoms with Crippen LogP contribution in [0, 0.1) is 5.92 Å². The van der Waals surface area contributed by atoms with Gasteiger partial charge in [-0.2, -0.15) is 0 Å². The largest absolute Gasteiger partial charge is 0.364 e. The summed E-state index contributed by atoms with van der Waals surface area (Å²) in [5.74, 6) is 0.752. The van der Waals surface area contributed by atoms with E-state index >= 15 is 0 Å². The summed E-state index contributed by atoms with van der Waals surface area (Å²) in [4.78, 5) is 2.72. The molecule has 2 atom stereocenters.